The van der Waals surface area contributed by atoms with Gasteiger partial charge < -0.3 is 20.3 Å². The minimum Gasteiger partial charge on any atom is -0.497 e. The van der Waals surface area contributed by atoms with E-state index in [1.807, 2.05) is 57.3 Å². The number of fused-ring (bicyclic) bond motifs is 1. The summed E-state index contributed by atoms with van der Waals surface area (Å²) in [5.41, 5.74) is 4.53. The molecule has 4 aromatic rings. The fraction of sp³-hybridized carbons (Fsp3) is 0.312. The molecule has 4 rings (SSSR count). The van der Waals surface area contributed by atoms with Gasteiger partial charge in [-0.2, -0.15) is 5.26 Å². The van der Waals surface area contributed by atoms with Crippen molar-refractivity contribution in [2.75, 3.05) is 30.9 Å². The number of amides is 2. The van der Waals surface area contributed by atoms with Crippen molar-refractivity contribution in [2.45, 2.75) is 40.7 Å². The van der Waals surface area contributed by atoms with Gasteiger partial charge >= 0.3 is 6.03 Å². The number of methoxy groups -OCH3 is 1. The molecule has 2 aromatic heterocycles. The summed E-state index contributed by atoms with van der Waals surface area (Å²) in [5, 5.41) is 15.3. The minimum atomic E-state index is -0.558. The molecule has 2 N–H and O–H groups in total. The number of halogens is 1. The number of aromatic nitrogens is 2. The number of urea groups is 1. The molecule has 0 radical (unpaired) electrons. The van der Waals surface area contributed by atoms with E-state index in [2.05, 4.69) is 26.6 Å². The van der Waals surface area contributed by atoms with E-state index in [1.165, 1.54) is 6.07 Å². The van der Waals surface area contributed by atoms with Gasteiger partial charge in [0, 0.05) is 49.0 Å². The van der Waals surface area contributed by atoms with Crippen molar-refractivity contribution in [2.24, 2.45) is 5.41 Å². The third-order valence-corrected chi connectivity index (χ3v) is 7.04. The van der Waals surface area contributed by atoms with Gasteiger partial charge in [-0.05, 0) is 81.1 Å². The highest BCUT2D eigenvalue weighted by Crippen LogP contribution is 2.33. The van der Waals surface area contributed by atoms with Crippen LogP contribution in [-0.4, -0.2) is 36.7 Å². The summed E-state index contributed by atoms with van der Waals surface area (Å²) in [4.78, 5) is 24.0. The predicted octanol–water partition coefficient (Wildman–Crippen LogP) is 6.76. The highest BCUT2D eigenvalue weighted by Gasteiger charge is 2.18. The molecule has 0 spiro atoms. The van der Waals surface area contributed by atoms with E-state index in [1.54, 1.807) is 33.2 Å². The first-order chi connectivity index (χ1) is 19.5. The number of nitriles is 1. The third kappa shape index (κ3) is 7.09. The molecular weight excluding hydrogens is 519 g/mol. The Bertz CT molecular complexity index is 1610. The fourth-order valence-corrected chi connectivity index (χ4v) is 4.49. The number of anilines is 2. The molecule has 41 heavy (non-hydrogen) atoms. The molecule has 0 atom stereocenters. The minimum absolute atomic E-state index is 0.0655. The lowest BCUT2D eigenvalue weighted by atomic mass is 9.92. The van der Waals surface area contributed by atoms with E-state index in [0.29, 0.717) is 19.5 Å². The van der Waals surface area contributed by atoms with Gasteiger partial charge in [-0.25, -0.2) is 14.2 Å². The number of hydrogen-bond donors (Lipinski definition) is 2. The second kappa shape index (κ2) is 12.2. The lowest BCUT2D eigenvalue weighted by Gasteiger charge is -2.19. The fourth-order valence-electron chi connectivity index (χ4n) is 4.49. The molecule has 2 heterocycles. The molecule has 0 bridgehead atoms. The van der Waals surface area contributed by atoms with Crippen LogP contribution in [0.1, 0.15) is 37.1 Å². The molecular formula is C32H35FN6O2. The number of aryl methyl sites for hydroxylation is 2. The van der Waals surface area contributed by atoms with Crippen LogP contribution in [0.15, 0.2) is 54.7 Å². The molecule has 0 saturated heterocycles. The van der Waals surface area contributed by atoms with E-state index < -0.39 is 17.3 Å². The average molecular weight is 555 g/mol. The van der Waals surface area contributed by atoms with Crippen molar-refractivity contribution < 1.29 is 13.9 Å². The summed E-state index contributed by atoms with van der Waals surface area (Å²) in [5.74, 6) is 1.08. The van der Waals surface area contributed by atoms with Gasteiger partial charge in [0.1, 0.15) is 17.4 Å². The Morgan fingerprint density at radius 2 is 1.85 bits per heavy atom. The SMILES string of the molecule is COc1ccc(CN(C)c2cc3nc(C)c(-c4cc(NC(=O)NCCC(C)(C)C#N)c(F)cc4C)cc3cn2)cc1. The number of nitrogens with one attached hydrogen (secondary N) is 2. The Labute approximate surface area is 240 Å². The lowest BCUT2D eigenvalue weighted by molar-refractivity contribution is 0.250. The van der Waals surface area contributed by atoms with Gasteiger partial charge in [0.25, 0.3) is 0 Å². The molecule has 0 unspecified atom stereocenters. The maximum Gasteiger partial charge on any atom is 0.319 e. The largest absolute Gasteiger partial charge is 0.497 e. The average Bonchev–Trinajstić information content (AvgIpc) is 2.94. The normalized spacial score (nSPS) is 11.2. The van der Waals surface area contributed by atoms with Crippen LogP contribution in [-0.2, 0) is 6.54 Å². The maximum atomic E-state index is 14.8. The van der Waals surface area contributed by atoms with Crippen LogP contribution < -0.4 is 20.3 Å². The van der Waals surface area contributed by atoms with Crippen molar-refractivity contribution in [1.29, 1.82) is 5.26 Å². The van der Waals surface area contributed by atoms with Crippen LogP contribution in [0.5, 0.6) is 5.75 Å². The molecule has 0 aliphatic heterocycles. The Hall–Kier alpha value is -4.71. The van der Waals surface area contributed by atoms with Crippen molar-refractivity contribution in [1.82, 2.24) is 15.3 Å². The van der Waals surface area contributed by atoms with Crippen LogP contribution in [0.4, 0.5) is 20.7 Å². The monoisotopic (exact) mass is 554 g/mol. The van der Waals surface area contributed by atoms with Gasteiger partial charge in [-0.3, -0.25) is 4.98 Å². The zero-order chi connectivity index (χ0) is 29.7. The zero-order valence-electron chi connectivity index (χ0n) is 24.3. The number of benzene rings is 2. The Kier molecular flexibility index (Phi) is 8.72. The van der Waals surface area contributed by atoms with E-state index in [9.17, 15) is 9.18 Å². The smallest absolute Gasteiger partial charge is 0.319 e. The topological polar surface area (TPSA) is 103 Å². The number of nitrogens with zero attached hydrogens (tertiary/aromatic N) is 4. The van der Waals surface area contributed by atoms with Crippen molar-refractivity contribution in [3.05, 3.63) is 77.4 Å². The molecule has 2 aromatic carbocycles. The summed E-state index contributed by atoms with van der Waals surface area (Å²) < 4.78 is 20.1. The first-order valence-electron chi connectivity index (χ1n) is 13.4. The van der Waals surface area contributed by atoms with Crippen LogP contribution in [0.3, 0.4) is 0 Å². The third-order valence-electron chi connectivity index (χ3n) is 7.04. The number of hydrogen-bond acceptors (Lipinski definition) is 6. The van der Waals surface area contributed by atoms with Crippen LogP contribution >= 0.6 is 0 Å². The predicted molar refractivity (Wildman–Crippen MR) is 161 cm³/mol. The standard InChI is InChI=1S/C32H35FN6O2/c1-20-13-27(33)29(38-31(40)35-12-11-32(3,4)19-34)15-25(20)26-14-23-17-36-30(16-28(23)37-21(26)2)39(5)18-22-7-9-24(41-6)10-8-22/h7-10,13-17H,11-12,18H2,1-6H3,(H2,35,38,40). The zero-order valence-corrected chi connectivity index (χ0v) is 24.3. The molecule has 0 saturated carbocycles. The summed E-state index contributed by atoms with van der Waals surface area (Å²) in [7, 11) is 3.63. The van der Waals surface area contributed by atoms with Crippen molar-refractivity contribution >= 4 is 28.4 Å². The first-order valence-corrected chi connectivity index (χ1v) is 13.4. The number of carbonyl (C=O) groups excluding carboxylic acids is 1. The molecule has 0 aliphatic rings. The van der Waals surface area contributed by atoms with E-state index in [4.69, 9.17) is 15.0 Å². The molecule has 0 fully saturated rings. The van der Waals surface area contributed by atoms with Crippen LogP contribution in [0, 0.1) is 36.4 Å². The molecule has 2 amide bonds. The number of rotatable bonds is 9. The summed E-state index contributed by atoms with van der Waals surface area (Å²) >= 11 is 0. The molecule has 9 heteroatoms. The molecule has 212 valence electrons. The Morgan fingerprint density at radius 1 is 1.12 bits per heavy atom. The number of ether oxygens (including phenoxy) is 1. The Balaban J connectivity index is 1.55. The maximum absolute atomic E-state index is 14.8. The van der Waals surface area contributed by atoms with Gasteiger partial charge in [0.05, 0.1) is 29.8 Å². The van der Waals surface area contributed by atoms with Gasteiger partial charge in [0.2, 0.25) is 0 Å². The van der Waals surface area contributed by atoms with Crippen LogP contribution in [0.25, 0.3) is 22.0 Å². The quantitative estimate of drug-likeness (QED) is 0.237. The van der Waals surface area contributed by atoms with E-state index in [0.717, 1.165) is 50.4 Å². The van der Waals surface area contributed by atoms with Crippen LogP contribution in [0.2, 0.25) is 0 Å². The van der Waals surface area contributed by atoms with Gasteiger partial charge in [-0.15, -0.1) is 0 Å². The summed E-state index contributed by atoms with van der Waals surface area (Å²) in [6.07, 6.45) is 2.27. The van der Waals surface area contributed by atoms with Gasteiger partial charge in [0.15, 0.2) is 0 Å². The molecule has 8 nitrogen and oxygen atoms in total. The Morgan fingerprint density at radius 3 is 2.54 bits per heavy atom. The second-order valence-corrected chi connectivity index (χ2v) is 10.8. The highest BCUT2D eigenvalue weighted by molar-refractivity contribution is 5.92. The van der Waals surface area contributed by atoms with Gasteiger partial charge in [-0.1, -0.05) is 12.1 Å². The summed E-state index contributed by atoms with van der Waals surface area (Å²) in [6.45, 7) is 8.31. The number of pyridine rings is 2. The van der Waals surface area contributed by atoms with Crippen molar-refractivity contribution in [3.8, 4) is 22.9 Å². The van der Waals surface area contributed by atoms with E-state index >= 15 is 0 Å². The lowest BCUT2D eigenvalue weighted by Crippen LogP contribution is -2.32. The molecule has 0 aliphatic carbocycles. The van der Waals surface area contributed by atoms with E-state index in [-0.39, 0.29) is 5.69 Å². The highest BCUT2D eigenvalue weighted by atomic mass is 19.1. The number of carbonyl (C=O) groups is 1. The summed E-state index contributed by atoms with van der Waals surface area (Å²) in [6, 6.07) is 16.6. The first kappa shape index (κ1) is 29.3. The second-order valence-electron chi connectivity index (χ2n) is 10.8. The van der Waals surface area contributed by atoms with Crippen molar-refractivity contribution in [3.63, 3.8) is 0 Å².